The molecule has 0 N–H and O–H groups in total. The molecule has 0 saturated heterocycles. The van der Waals surface area contributed by atoms with Gasteiger partial charge in [0, 0.05) is 27.3 Å². The monoisotopic (exact) mass is 612 g/mol. The van der Waals surface area contributed by atoms with E-state index < -0.39 is 0 Å². The molecule has 0 radical (unpaired) electrons. The van der Waals surface area contributed by atoms with Crippen LogP contribution in [0.2, 0.25) is 0 Å². The molecule has 0 aliphatic rings. The predicted octanol–water partition coefficient (Wildman–Crippen LogP) is 11.1. The minimum Gasteiger partial charge on any atom is -0.453 e. The Morgan fingerprint density at radius 3 is 2.02 bits per heavy atom. The summed E-state index contributed by atoms with van der Waals surface area (Å²) in [6.07, 6.45) is 0. The van der Waals surface area contributed by atoms with Gasteiger partial charge in [-0.15, -0.1) is 0 Å². The van der Waals surface area contributed by atoms with Gasteiger partial charge in [0.15, 0.2) is 33.3 Å². The molecule has 236 valence electrons. The van der Waals surface area contributed by atoms with E-state index in [1.807, 2.05) is 6.07 Å². The Kier molecular flexibility index (Phi) is 6.97. The van der Waals surface area contributed by atoms with E-state index >= 15 is 0 Å². The van der Waals surface area contributed by atoms with Crippen molar-refractivity contribution in [1.29, 1.82) is 0 Å². The highest BCUT2D eigenvalue weighted by atomic mass is 16.4. The zero-order valence-electron chi connectivity index (χ0n) is 29.2. The summed E-state index contributed by atoms with van der Waals surface area (Å²) in [5.41, 5.74) is 13.0. The molecule has 0 aliphatic carbocycles. The lowest BCUT2D eigenvalue weighted by atomic mass is 9.87. The van der Waals surface area contributed by atoms with Gasteiger partial charge in [0.05, 0.1) is 7.05 Å². The Hall–Kier alpha value is -4.38. The molecule has 0 amide bonds. The standard InChI is InChI=1S/C41H46N3O2/c1-22(2)26-20-29(23(3)4)36(30(21-26)24(5)6)44-32-15-13-12-14-31(32)43(11)39(44)34-25(7)16-17-27-28-18-19-33-35(38(28)46-37(27)34)42-40(45-33)41(8,9)10/h12-24H,1-11H3/q+1. The van der Waals surface area contributed by atoms with Crippen molar-refractivity contribution in [2.75, 3.05) is 0 Å². The molecule has 5 heteroatoms. The molecule has 7 aromatic rings. The molecule has 0 spiro atoms. The van der Waals surface area contributed by atoms with Crippen LogP contribution in [0.25, 0.3) is 61.1 Å². The van der Waals surface area contributed by atoms with Gasteiger partial charge in [0.25, 0.3) is 5.82 Å². The summed E-state index contributed by atoms with van der Waals surface area (Å²) in [7, 11) is 2.19. The number of oxazole rings is 1. The van der Waals surface area contributed by atoms with Crippen LogP contribution >= 0.6 is 0 Å². The summed E-state index contributed by atoms with van der Waals surface area (Å²) < 4.78 is 18.0. The van der Waals surface area contributed by atoms with E-state index in [2.05, 4.69) is 140 Å². The number of para-hydroxylation sites is 2. The first-order valence-corrected chi connectivity index (χ1v) is 16.7. The van der Waals surface area contributed by atoms with Crippen molar-refractivity contribution in [1.82, 2.24) is 9.55 Å². The fourth-order valence-corrected chi connectivity index (χ4v) is 6.98. The van der Waals surface area contributed by atoms with Crippen molar-refractivity contribution in [3.63, 3.8) is 0 Å². The second-order valence-electron chi connectivity index (χ2n) is 15.0. The highest BCUT2D eigenvalue weighted by molar-refractivity contribution is 6.15. The third kappa shape index (κ3) is 4.50. The molecule has 0 unspecified atom stereocenters. The van der Waals surface area contributed by atoms with Gasteiger partial charge in [-0.25, -0.2) is 9.55 Å². The van der Waals surface area contributed by atoms with Crippen LogP contribution in [-0.2, 0) is 12.5 Å². The maximum absolute atomic E-state index is 6.96. The van der Waals surface area contributed by atoms with Gasteiger partial charge < -0.3 is 8.83 Å². The van der Waals surface area contributed by atoms with Crippen molar-refractivity contribution in [2.24, 2.45) is 7.05 Å². The molecular formula is C41H46N3O2+. The number of fused-ring (bicyclic) bond motifs is 6. The van der Waals surface area contributed by atoms with Crippen molar-refractivity contribution < 1.29 is 13.4 Å². The van der Waals surface area contributed by atoms with Crippen LogP contribution in [0.1, 0.15) is 108 Å². The average molecular weight is 613 g/mol. The van der Waals surface area contributed by atoms with E-state index in [0.717, 1.165) is 50.0 Å². The quantitative estimate of drug-likeness (QED) is 0.182. The topological polar surface area (TPSA) is 48.0 Å². The van der Waals surface area contributed by atoms with E-state index in [0.29, 0.717) is 23.6 Å². The number of benzene rings is 4. The first-order valence-electron chi connectivity index (χ1n) is 16.7. The maximum atomic E-state index is 6.96. The van der Waals surface area contributed by atoms with Crippen molar-refractivity contribution in [2.45, 2.75) is 92.4 Å². The van der Waals surface area contributed by atoms with Crippen LogP contribution in [-0.4, -0.2) is 9.55 Å². The van der Waals surface area contributed by atoms with Gasteiger partial charge in [0.1, 0.15) is 11.3 Å². The lowest BCUT2D eigenvalue weighted by molar-refractivity contribution is -0.633. The minimum atomic E-state index is -0.207. The van der Waals surface area contributed by atoms with E-state index in [1.54, 1.807) is 0 Å². The number of furan rings is 1. The van der Waals surface area contributed by atoms with E-state index in [1.165, 1.54) is 33.4 Å². The Bertz CT molecular complexity index is 2270. The fourth-order valence-electron chi connectivity index (χ4n) is 6.98. The zero-order chi connectivity index (χ0) is 32.8. The Balaban J connectivity index is 1.64. The van der Waals surface area contributed by atoms with Gasteiger partial charge in [-0.2, -0.15) is 4.57 Å². The van der Waals surface area contributed by atoms with Crippen molar-refractivity contribution in [3.05, 3.63) is 88.8 Å². The summed E-state index contributed by atoms with van der Waals surface area (Å²) >= 11 is 0. The van der Waals surface area contributed by atoms with Gasteiger partial charge >= 0.3 is 0 Å². The number of aromatic nitrogens is 3. The highest BCUT2D eigenvalue weighted by Gasteiger charge is 2.34. The maximum Gasteiger partial charge on any atom is 0.299 e. The molecule has 3 aromatic heterocycles. The van der Waals surface area contributed by atoms with Crippen LogP contribution in [0.15, 0.2) is 69.5 Å². The Morgan fingerprint density at radius 2 is 1.39 bits per heavy atom. The third-order valence-electron chi connectivity index (χ3n) is 9.58. The van der Waals surface area contributed by atoms with E-state index in [-0.39, 0.29) is 5.41 Å². The summed E-state index contributed by atoms with van der Waals surface area (Å²) in [5, 5.41) is 2.13. The summed E-state index contributed by atoms with van der Waals surface area (Å²) in [4.78, 5) is 4.96. The Morgan fingerprint density at radius 1 is 0.761 bits per heavy atom. The number of nitrogens with zero attached hydrogens (tertiary/aromatic N) is 3. The lowest BCUT2D eigenvalue weighted by Crippen LogP contribution is -2.30. The van der Waals surface area contributed by atoms with Crippen LogP contribution in [0.4, 0.5) is 0 Å². The molecule has 7 rings (SSSR count). The zero-order valence-corrected chi connectivity index (χ0v) is 29.2. The smallest absolute Gasteiger partial charge is 0.299 e. The minimum absolute atomic E-state index is 0.207. The number of aryl methyl sites for hydroxylation is 2. The van der Waals surface area contributed by atoms with Crippen molar-refractivity contribution in [3.8, 4) is 17.1 Å². The van der Waals surface area contributed by atoms with E-state index in [9.17, 15) is 0 Å². The van der Waals surface area contributed by atoms with Gasteiger partial charge in [-0.3, -0.25) is 0 Å². The predicted molar refractivity (Wildman–Crippen MR) is 190 cm³/mol. The molecule has 46 heavy (non-hydrogen) atoms. The molecule has 0 bridgehead atoms. The van der Waals surface area contributed by atoms with Crippen LogP contribution in [0.5, 0.6) is 0 Å². The number of hydrogen-bond donors (Lipinski definition) is 0. The normalized spacial score (nSPS) is 12.8. The second-order valence-corrected chi connectivity index (χ2v) is 15.0. The SMILES string of the molecule is Cc1ccc2c(oc3c2ccc2oc(C(C)(C)C)nc23)c1-c1n(-c2c(C(C)C)cc(C(C)C)cc2C(C)C)c2ccccc2[n+]1C. The summed E-state index contributed by atoms with van der Waals surface area (Å²) in [6.45, 7) is 22.4. The Labute approximate surface area is 271 Å². The van der Waals surface area contributed by atoms with Gasteiger partial charge in [-0.05, 0) is 60.1 Å². The van der Waals surface area contributed by atoms with Crippen LogP contribution in [0, 0.1) is 6.92 Å². The number of hydrogen-bond acceptors (Lipinski definition) is 3. The molecule has 0 atom stereocenters. The second kappa shape index (κ2) is 10.6. The van der Waals surface area contributed by atoms with Gasteiger partial charge in [-0.1, -0.05) is 98.7 Å². The van der Waals surface area contributed by atoms with Crippen LogP contribution < -0.4 is 4.57 Å². The number of rotatable bonds is 5. The first-order chi connectivity index (χ1) is 21.8. The molecule has 4 aromatic carbocycles. The molecule has 0 fully saturated rings. The molecule has 5 nitrogen and oxygen atoms in total. The summed E-state index contributed by atoms with van der Waals surface area (Å²) in [5.74, 6) is 2.94. The largest absolute Gasteiger partial charge is 0.453 e. The molecule has 0 saturated carbocycles. The highest BCUT2D eigenvalue weighted by Crippen LogP contribution is 2.44. The van der Waals surface area contributed by atoms with Gasteiger partial charge in [0.2, 0.25) is 5.89 Å². The fraction of sp³-hybridized carbons (Fsp3) is 0.366. The lowest BCUT2D eigenvalue weighted by Gasteiger charge is -2.21. The molecule has 0 aliphatic heterocycles. The van der Waals surface area contributed by atoms with Crippen LogP contribution in [0.3, 0.4) is 0 Å². The summed E-state index contributed by atoms with van der Waals surface area (Å²) in [6, 6.07) is 22.2. The third-order valence-corrected chi connectivity index (χ3v) is 9.58. The molecule has 3 heterocycles. The van der Waals surface area contributed by atoms with E-state index in [4.69, 9.17) is 13.8 Å². The average Bonchev–Trinajstić information content (AvgIpc) is 3.68. The number of imidazole rings is 1. The van der Waals surface area contributed by atoms with Crippen molar-refractivity contribution >= 4 is 44.1 Å². The molecular weight excluding hydrogens is 566 g/mol. The first kappa shape index (κ1) is 30.3.